The summed E-state index contributed by atoms with van der Waals surface area (Å²) in [6.07, 6.45) is 3.61. The summed E-state index contributed by atoms with van der Waals surface area (Å²) >= 11 is 0. The third-order valence-electron chi connectivity index (χ3n) is 5.42. The van der Waals surface area contributed by atoms with E-state index < -0.39 is 10.0 Å². The molecule has 3 fully saturated rings. The predicted octanol–water partition coefficient (Wildman–Crippen LogP) is 2.09. The Morgan fingerprint density at radius 3 is 2.61 bits per heavy atom. The number of hydrogen-bond donors (Lipinski definition) is 1. The first-order chi connectivity index (χ1) is 11.0. The first kappa shape index (κ1) is 16.7. The van der Waals surface area contributed by atoms with E-state index in [2.05, 4.69) is 16.5 Å². The highest BCUT2D eigenvalue weighted by molar-refractivity contribution is 7.89. The lowest BCUT2D eigenvalue weighted by Crippen LogP contribution is -2.56. The lowest BCUT2D eigenvalue weighted by molar-refractivity contribution is 0.00236. The monoisotopic (exact) mass is 338 g/mol. The van der Waals surface area contributed by atoms with Gasteiger partial charge in [0.25, 0.3) is 0 Å². The van der Waals surface area contributed by atoms with Gasteiger partial charge in [-0.1, -0.05) is 13.3 Å². The summed E-state index contributed by atoms with van der Waals surface area (Å²) in [4.78, 5) is 2.76. The van der Waals surface area contributed by atoms with E-state index in [9.17, 15) is 8.42 Å². The lowest BCUT2D eigenvalue weighted by Gasteiger charge is -2.49. The fourth-order valence-electron chi connectivity index (χ4n) is 3.97. The van der Waals surface area contributed by atoms with Crippen LogP contribution >= 0.6 is 0 Å². The molecule has 3 aliphatic heterocycles. The maximum Gasteiger partial charge on any atom is 0.240 e. The Morgan fingerprint density at radius 1 is 1.30 bits per heavy atom. The van der Waals surface area contributed by atoms with Crippen molar-refractivity contribution in [2.45, 2.75) is 37.1 Å². The van der Waals surface area contributed by atoms with E-state index in [-0.39, 0.29) is 0 Å². The second-order valence-corrected chi connectivity index (χ2v) is 8.40. The molecule has 6 heteroatoms. The van der Waals surface area contributed by atoms with Crippen molar-refractivity contribution in [1.82, 2.24) is 9.62 Å². The van der Waals surface area contributed by atoms with Crippen molar-refractivity contribution in [2.24, 2.45) is 11.8 Å². The second-order valence-electron chi connectivity index (χ2n) is 6.63. The third kappa shape index (κ3) is 3.54. The number of nitrogens with one attached hydrogen (secondary N) is 1. The van der Waals surface area contributed by atoms with E-state index in [4.69, 9.17) is 4.74 Å². The molecule has 0 radical (unpaired) electrons. The van der Waals surface area contributed by atoms with Crippen LogP contribution in [0, 0.1) is 11.8 Å². The van der Waals surface area contributed by atoms with E-state index in [1.54, 1.807) is 31.4 Å². The highest BCUT2D eigenvalue weighted by atomic mass is 32.2. The molecule has 0 spiro atoms. The van der Waals surface area contributed by atoms with Crippen LogP contribution < -0.4 is 9.46 Å². The molecule has 5 nitrogen and oxygen atoms in total. The van der Waals surface area contributed by atoms with Gasteiger partial charge in [-0.25, -0.2) is 13.1 Å². The zero-order chi connectivity index (χ0) is 16.4. The molecule has 0 amide bonds. The van der Waals surface area contributed by atoms with E-state index in [0.29, 0.717) is 23.2 Å². The van der Waals surface area contributed by atoms with Crippen LogP contribution in [-0.2, 0) is 10.0 Å². The van der Waals surface area contributed by atoms with Gasteiger partial charge in [0.15, 0.2) is 0 Å². The van der Waals surface area contributed by atoms with Crippen molar-refractivity contribution >= 4 is 10.0 Å². The molecular weight excluding hydrogens is 312 g/mol. The van der Waals surface area contributed by atoms with Crippen LogP contribution in [0.4, 0.5) is 0 Å². The molecule has 4 unspecified atom stereocenters. The average molecular weight is 338 g/mol. The van der Waals surface area contributed by atoms with E-state index >= 15 is 0 Å². The molecule has 4 atom stereocenters. The lowest BCUT2D eigenvalue weighted by atomic mass is 9.74. The highest BCUT2D eigenvalue weighted by Gasteiger charge is 2.39. The normalized spacial score (nSPS) is 30.3. The van der Waals surface area contributed by atoms with Crippen molar-refractivity contribution in [3.05, 3.63) is 24.3 Å². The number of rotatable bonds is 6. The molecule has 4 rings (SSSR count). The maximum atomic E-state index is 12.4. The van der Waals surface area contributed by atoms with Crippen LogP contribution in [0.25, 0.3) is 0 Å². The molecule has 1 N–H and O–H groups in total. The third-order valence-corrected chi connectivity index (χ3v) is 6.86. The topological polar surface area (TPSA) is 58.6 Å². The van der Waals surface area contributed by atoms with Gasteiger partial charge in [0.2, 0.25) is 10.0 Å². The number of nitrogens with zero attached hydrogens (tertiary/aromatic N) is 1. The number of ether oxygens (including phenoxy) is 1. The van der Waals surface area contributed by atoms with Gasteiger partial charge in [0.05, 0.1) is 12.0 Å². The smallest absolute Gasteiger partial charge is 0.240 e. The number of benzene rings is 1. The molecule has 128 valence electrons. The zero-order valence-electron chi connectivity index (χ0n) is 13.9. The van der Waals surface area contributed by atoms with Crippen molar-refractivity contribution in [3.63, 3.8) is 0 Å². The fraction of sp³-hybridized carbons (Fsp3) is 0.647. The minimum Gasteiger partial charge on any atom is -0.497 e. The van der Waals surface area contributed by atoms with E-state index in [0.717, 1.165) is 31.3 Å². The van der Waals surface area contributed by atoms with Gasteiger partial charge in [-0.15, -0.1) is 0 Å². The minimum absolute atomic E-state index is 0.292. The second kappa shape index (κ2) is 6.79. The number of sulfonamides is 1. The predicted molar refractivity (Wildman–Crippen MR) is 90.0 cm³/mol. The molecular formula is C17H26N2O3S. The summed E-state index contributed by atoms with van der Waals surface area (Å²) in [5.74, 6) is 2.21. The SMILES string of the molecule is CCC1CN2CCC1CC2CNS(=O)(=O)c1ccc(OC)cc1. The van der Waals surface area contributed by atoms with Gasteiger partial charge in [-0.2, -0.15) is 0 Å². The zero-order valence-corrected chi connectivity index (χ0v) is 14.7. The summed E-state index contributed by atoms with van der Waals surface area (Å²) in [5, 5.41) is 0. The minimum atomic E-state index is -3.45. The van der Waals surface area contributed by atoms with Gasteiger partial charge >= 0.3 is 0 Å². The maximum absolute atomic E-state index is 12.4. The Hall–Kier alpha value is -1.11. The molecule has 3 heterocycles. The van der Waals surface area contributed by atoms with Crippen molar-refractivity contribution in [1.29, 1.82) is 0 Å². The van der Waals surface area contributed by atoms with Gasteiger partial charge in [-0.05, 0) is 55.5 Å². The molecule has 0 aliphatic carbocycles. The first-order valence-corrected chi connectivity index (χ1v) is 9.89. The van der Waals surface area contributed by atoms with Crippen molar-refractivity contribution in [2.75, 3.05) is 26.7 Å². The summed E-state index contributed by atoms with van der Waals surface area (Å²) in [6.45, 7) is 4.99. The molecule has 1 aromatic carbocycles. The fourth-order valence-corrected chi connectivity index (χ4v) is 5.04. The van der Waals surface area contributed by atoms with Gasteiger partial charge in [-0.3, -0.25) is 4.90 Å². The molecule has 0 aromatic heterocycles. The number of piperidine rings is 3. The Bertz CT molecular complexity index is 630. The summed E-state index contributed by atoms with van der Waals surface area (Å²) < 4.78 is 32.7. The Balaban J connectivity index is 1.61. The van der Waals surface area contributed by atoms with Crippen LogP contribution in [0.5, 0.6) is 5.75 Å². The first-order valence-electron chi connectivity index (χ1n) is 8.41. The van der Waals surface area contributed by atoms with E-state index in [1.807, 2.05) is 0 Å². The van der Waals surface area contributed by atoms with Crippen LogP contribution in [-0.4, -0.2) is 46.1 Å². The van der Waals surface area contributed by atoms with Crippen molar-refractivity contribution < 1.29 is 13.2 Å². The number of hydrogen-bond acceptors (Lipinski definition) is 4. The Kier molecular flexibility index (Phi) is 4.94. The molecule has 2 bridgehead atoms. The Labute approximate surface area is 139 Å². The summed E-state index contributed by atoms with van der Waals surface area (Å²) in [6, 6.07) is 6.85. The largest absolute Gasteiger partial charge is 0.497 e. The van der Waals surface area contributed by atoms with Gasteiger partial charge in [0, 0.05) is 19.1 Å². The summed E-state index contributed by atoms with van der Waals surface area (Å²) in [5.41, 5.74) is 0. The highest BCUT2D eigenvalue weighted by Crippen LogP contribution is 2.37. The summed E-state index contributed by atoms with van der Waals surface area (Å²) in [7, 11) is -1.89. The van der Waals surface area contributed by atoms with Crippen LogP contribution in [0.3, 0.4) is 0 Å². The molecule has 1 aromatic rings. The quantitative estimate of drug-likeness (QED) is 0.863. The van der Waals surface area contributed by atoms with Gasteiger partial charge in [0.1, 0.15) is 5.75 Å². The van der Waals surface area contributed by atoms with Crippen LogP contribution in [0.2, 0.25) is 0 Å². The van der Waals surface area contributed by atoms with Crippen molar-refractivity contribution in [3.8, 4) is 5.75 Å². The molecule has 3 saturated heterocycles. The van der Waals surface area contributed by atoms with Crippen LogP contribution in [0.1, 0.15) is 26.2 Å². The van der Waals surface area contributed by atoms with Crippen LogP contribution in [0.15, 0.2) is 29.2 Å². The Morgan fingerprint density at radius 2 is 2.04 bits per heavy atom. The standard InChI is InChI=1S/C17H26N2O3S/c1-3-13-12-19-9-8-14(13)10-15(19)11-18-23(20,21)17-6-4-16(22-2)5-7-17/h4-7,13-15,18H,3,8-12H2,1-2H3. The molecule has 3 aliphatic rings. The van der Waals surface area contributed by atoms with Gasteiger partial charge < -0.3 is 4.74 Å². The molecule has 23 heavy (non-hydrogen) atoms. The van der Waals surface area contributed by atoms with E-state index in [1.165, 1.54) is 12.8 Å². The molecule has 0 saturated carbocycles. The number of fused-ring (bicyclic) bond motifs is 3. The number of methoxy groups -OCH3 is 1. The average Bonchev–Trinajstić information content (AvgIpc) is 2.60.